The van der Waals surface area contributed by atoms with Gasteiger partial charge in [-0.05, 0) is 37.3 Å². The van der Waals surface area contributed by atoms with E-state index in [4.69, 9.17) is 11.6 Å². The zero-order chi connectivity index (χ0) is 18.0. The van der Waals surface area contributed by atoms with Crippen molar-refractivity contribution in [3.05, 3.63) is 47.1 Å². The van der Waals surface area contributed by atoms with Crippen molar-refractivity contribution in [2.75, 3.05) is 16.6 Å². The predicted octanol–water partition coefficient (Wildman–Crippen LogP) is 3.99. The smallest absolute Gasteiger partial charge is 0.370 e. The van der Waals surface area contributed by atoms with Crippen LogP contribution in [0.1, 0.15) is 12.5 Å². The molecule has 0 unspecified atom stereocenters. The van der Waals surface area contributed by atoms with E-state index < -0.39 is 31.7 Å². The van der Waals surface area contributed by atoms with Crippen LogP contribution < -0.4 is 10.0 Å². The van der Waals surface area contributed by atoms with E-state index in [0.29, 0.717) is 18.4 Å². The lowest BCUT2D eigenvalue weighted by Crippen LogP contribution is -2.15. The van der Waals surface area contributed by atoms with Gasteiger partial charge in [0.1, 0.15) is 5.82 Å². The van der Waals surface area contributed by atoms with Gasteiger partial charge in [-0.3, -0.25) is 4.72 Å². The van der Waals surface area contributed by atoms with Crippen molar-refractivity contribution in [2.24, 2.45) is 0 Å². The summed E-state index contributed by atoms with van der Waals surface area (Å²) in [5.41, 5.74) is -1.09. The summed E-state index contributed by atoms with van der Waals surface area (Å²) in [6.45, 7) is 2.51. The molecule has 0 spiro atoms. The van der Waals surface area contributed by atoms with Crippen LogP contribution in [0.15, 0.2) is 41.4 Å². The molecular formula is C14H13ClF3N3O2S. The summed E-state index contributed by atoms with van der Waals surface area (Å²) < 4.78 is 65.2. The first kappa shape index (κ1) is 18.3. The topological polar surface area (TPSA) is 71.1 Å². The van der Waals surface area contributed by atoms with Crippen molar-refractivity contribution < 1.29 is 21.6 Å². The SMILES string of the molecule is CCNc1ccc(NS(=O)(=O)c2ccc(Cl)c(C(F)(F)F)c2)cn1. The molecule has 1 heterocycles. The molecule has 0 atom stereocenters. The predicted molar refractivity (Wildman–Crippen MR) is 85.7 cm³/mol. The van der Waals surface area contributed by atoms with Gasteiger partial charge in [0.25, 0.3) is 10.0 Å². The summed E-state index contributed by atoms with van der Waals surface area (Å²) in [5.74, 6) is 0.547. The molecule has 0 saturated carbocycles. The van der Waals surface area contributed by atoms with Gasteiger partial charge in [0.05, 0.1) is 27.4 Å². The summed E-state index contributed by atoms with van der Waals surface area (Å²) in [6.07, 6.45) is -3.49. The third-order valence-corrected chi connectivity index (χ3v) is 4.64. The third kappa shape index (κ3) is 4.30. The van der Waals surface area contributed by atoms with Crippen molar-refractivity contribution in [3.63, 3.8) is 0 Å². The van der Waals surface area contributed by atoms with Crippen molar-refractivity contribution in [1.29, 1.82) is 0 Å². The van der Waals surface area contributed by atoms with Crippen LogP contribution in [0.25, 0.3) is 0 Å². The monoisotopic (exact) mass is 379 g/mol. The summed E-state index contributed by atoms with van der Waals surface area (Å²) >= 11 is 5.49. The Balaban J connectivity index is 2.30. The Kier molecular flexibility index (Phi) is 5.24. The maximum atomic E-state index is 12.8. The lowest BCUT2D eigenvalue weighted by Gasteiger charge is -2.12. The largest absolute Gasteiger partial charge is 0.417 e. The van der Waals surface area contributed by atoms with Gasteiger partial charge >= 0.3 is 6.18 Å². The molecule has 0 radical (unpaired) electrons. The van der Waals surface area contributed by atoms with Gasteiger partial charge in [-0.15, -0.1) is 0 Å². The van der Waals surface area contributed by atoms with E-state index in [9.17, 15) is 21.6 Å². The number of pyridine rings is 1. The fraction of sp³-hybridized carbons (Fsp3) is 0.214. The Hall–Kier alpha value is -2.00. The highest BCUT2D eigenvalue weighted by atomic mass is 35.5. The average molecular weight is 380 g/mol. The first-order valence-corrected chi connectivity index (χ1v) is 8.59. The summed E-state index contributed by atoms with van der Waals surface area (Å²) in [5, 5.41) is 2.36. The first-order chi connectivity index (χ1) is 11.1. The number of nitrogens with one attached hydrogen (secondary N) is 2. The highest BCUT2D eigenvalue weighted by Gasteiger charge is 2.34. The molecule has 0 aliphatic heterocycles. The average Bonchev–Trinajstić information content (AvgIpc) is 2.48. The molecule has 2 N–H and O–H groups in total. The summed E-state index contributed by atoms with van der Waals surface area (Å²) in [7, 11) is -4.21. The van der Waals surface area contributed by atoms with Gasteiger partial charge in [-0.1, -0.05) is 11.6 Å². The second-order valence-corrected chi connectivity index (χ2v) is 6.80. The molecule has 0 aliphatic rings. The maximum Gasteiger partial charge on any atom is 0.417 e. The van der Waals surface area contributed by atoms with Crippen molar-refractivity contribution >= 4 is 33.1 Å². The van der Waals surface area contributed by atoms with E-state index in [1.807, 2.05) is 6.92 Å². The van der Waals surface area contributed by atoms with Crippen molar-refractivity contribution in [3.8, 4) is 0 Å². The zero-order valence-electron chi connectivity index (χ0n) is 12.4. The van der Waals surface area contributed by atoms with Crippen molar-refractivity contribution in [2.45, 2.75) is 18.0 Å². The Bertz CT molecular complexity index is 824. The van der Waals surface area contributed by atoms with E-state index in [0.717, 1.165) is 12.1 Å². The summed E-state index contributed by atoms with van der Waals surface area (Å²) in [6, 6.07) is 5.38. The van der Waals surface area contributed by atoms with Crippen LogP contribution in [-0.2, 0) is 16.2 Å². The van der Waals surface area contributed by atoms with E-state index in [-0.39, 0.29) is 5.69 Å². The summed E-state index contributed by atoms with van der Waals surface area (Å²) in [4.78, 5) is 3.43. The Morgan fingerprint density at radius 1 is 1.21 bits per heavy atom. The van der Waals surface area contributed by atoms with E-state index in [2.05, 4.69) is 15.0 Å². The minimum Gasteiger partial charge on any atom is -0.370 e. The van der Waals surface area contributed by atoms with Crippen LogP contribution in [-0.4, -0.2) is 19.9 Å². The number of sulfonamides is 1. The van der Waals surface area contributed by atoms with Gasteiger partial charge in [0.2, 0.25) is 0 Å². The molecule has 0 amide bonds. The number of anilines is 2. The lowest BCUT2D eigenvalue weighted by atomic mass is 10.2. The van der Waals surface area contributed by atoms with Crippen LogP contribution in [0.3, 0.4) is 0 Å². The number of hydrogen-bond acceptors (Lipinski definition) is 4. The number of aromatic nitrogens is 1. The molecule has 10 heteroatoms. The Morgan fingerprint density at radius 2 is 1.92 bits per heavy atom. The van der Waals surface area contributed by atoms with Gasteiger partial charge < -0.3 is 5.32 Å². The maximum absolute atomic E-state index is 12.8. The van der Waals surface area contributed by atoms with Gasteiger partial charge in [0.15, 0.2) is 0 Å². The minimum absolute atomic E-state index is 0.125. The lowest BCUT2D eigenvalue weighted by molar-refractivity contribution is -0.137. The molecule has 1 aromatic heterocycles. The minimum atomic E-state index is -4.75. The van der Waals surface area contributed by atoms with E-state index >= 15 is 0 Å². The van der Waals surface area contributed by atoms with Crippen LogP contribution in [0.4, 0.5) is 24.7 Å². The first-order valence-electron chi connectivity index (χ1n) is 6.73. The van der Waals surface area contributed by atoms with Gasteiger partial charge in [0, 0.05) is 6.54 Å². The number of alkyl halides is 3. The van der Waals surface area contributed by atoms with Crippen LogP contribution in [0.2, 0.25) is 5.02 Å². The number of halogens is 4. The van der Waals surface area contributed by atoms with E-state index in [1.165, 1.54) is 12.3 Å². The molecule has 2 rings (SSSR count). The molecule has 5 nitrogen and oxygen atoms in total. The molecule has 130 valence electrons. The molecule has 0 fully saturated rings. The molecule has 0 aliphatic carbocycles. The fourth-order valence-electron chi connectivity index (χ4n) is 1.84. The molecular weight excluding hydrogens is 367 g/mol. The van der Waals surface area contributed by atoms with Crippen LogP contribution in [0, 0.1) is 0 Å². The highest BCUT2D eigenvalue weighted by molar-refractivity contribution is 7.92. The van der Waals surface area contributed by atoms with Crippen molar-refractivity contribution in [1.82, 2.24) is 4.98 Å². The molecule has 0 saturated heterocycles. The molecule has 0 bridgehead atoms. The van der Waals surface area contributed by atoms with Gasteiger partial charge in [-0.25, -0.2) is 13.4 Å². The highest BCUT2D eigenvalue weighted by Crippen LogP contribution is 2.36. The number of hydrogen-bond donors (Lipinski definition) is 2. The second-order valence-electron chi connectivity index (χ2n) is 4.71. The number of benzene rings is 1. The third-order valence-electron chi connectivity index (χ3n) is 2.93. The molecule has 24 heavy (non-hydrogen) atoms. The van der Waals surface area contributed by atoms with Crippen LogP contribution in [0.5, 0.6) is 0 Å². The standard InChI is InChI=1S/C14H13ClF3N3O2S/c1-2-19-13-6-3-9(8-20-13)21-24(22,23)10-4-5-12(15)11(7-10)14(16,17)18/h3-8,21H,2H2,1H3,(H,19,20). The Labute approximate surface area is 141 Å². The normalized spacial score (nSPS) is 12.0. The molecule has 1 aromatic carbocycles. The van der Waals surface area contributed by atoms with E-state index in [1.54, 1.807) is 6.07 Å². The molecule has 2 aromatic rings. The fourth-order valence-corrected chi connectivity index (χ4v) is 3.14. The number of rotatable bonds is 5. The zero-order valence-corrected chi connectivity index (χ0v) is 13.9. The second kappa shape index (κ2) is 6.86. The quantitative estimate of drug-likeness (QED) is 0.824. The Morgan fingerprint density at radius 3 is 2.46 bits per heavy atom. The number of nitrogens with zero attached hydrogens (tertiary/aromatic N) is 1. The van der Waals surface area contributed by atoms with Crippen LogP contribution >= 0.6 is 11.6 Å². The van der Waals surface area contributed by atoms with Gasteiger partial charge in [-0.2, -0.15) is 13.2 Å².